The molecule has 0 fully saturated rings. The number of fused-ring (bicyclic) bond motifs is 1. The lowest BCUT2D eigenvalue weighted by atomic mass is 10.00. The van der Waals surface area contributed by atoms with E-state index in [0.717, 1.165) is 35.5 Å². The fourth-order valence-electron chi connectivity index (χ4n) is 3.37. The van der Waals surface area contributed by atoms with Crippen LogP contribution in [0.4, 0.5) is 0 Å². The highest BCUT2D eigenvalue weighted by atomic mass is 16.5. The number of carbonyl (C=O) groups excluding carboxylic acids is 1. The summed E-state index contributed by atoms with van der Waals surface area (Å²) in [6.07, 6.45) is 2.03. The maximum Gasteiger partial charge on any atom is 0.251 e. The number of aryl methyl sites for hydroxylation is 2. The molecule has 2 aromatic carbocycles. The van der Waals surface area contributed by atoms with Gasteiger partial charge in [0, 0.05) is 18.0 Å². The van der Waals surface area contributed by atoms with Crippen molar-refractivity contribution in [2.45, 2.75) is 25.7 Å². The smallest absolute Gasteiger partial charge is 0.251 e. The number of ether oxygens (including phenoxy) is 2. The molecular weight excluding hydrogens is 302 g/mol. The fourth-order valence-corrected chi connectivity index (χ4v) is 3.37. The zero-order chi connectivity index (χ0) is 17.1. The topological polar surface area (TPSA) is 47.6 Å². The van der Waals surface area contributed by atoms with Gasteiger partial charge in [-0.3, -0.25) is 4.79 Å². The second-order valence-corrected chi connectivity index (χ2v) is 6.17. The minimum Gasteiger partial charge on any atom is -0.493 e. The largest absolute Gasteiger partial charge is 0.493 e. The van der Waals surface area contributed by atoms with Crippen molar-refractivity contribution in [2.75, 3.05) is 20.8 Å². The van der Waals surface area contributed by atoms with E-state index in [9.17, 15) is 4.79 Å². The van der Waals surface area contributed by atoms with E-state index in [2.05, 4.69) is 11.4 Å². The molecule has 1 aliphatic rings. The van der Waals surface area contributed by atoms with Crippen LogP contribution in [0.25, 0.3) is 0 Å². The molecule has 1 aliphatic carbocycles. The van der Waals surface area contributed by atoms with Gasteiger partial charge < -0.3 is 14.8 Å². The molecule has 0 heterocycles. The summed E-state index contributed by atoms with van der Waals surface area (Å²) in [4.78, 5) is 12.4. The molecule has 4 nitrogen and oxygen atoms in total. The standard InChI is InChI=1S/C20H23NO3/c1-13-6-4-5-7-16(13)20(22)21-12-15-9-8-14-10-18(23-2)19(24-3)11-17(14)15/h4-7,10-11,15H,8-9,12H2,1-3H3,(H,21,22). The van der Waals surface area contributed by atoms with Gasteiger partial charge in [-0.2, -0.15) is 0 Å². The predicted molar refractivity (Wildman–Crippen MR) is 94.1 cm³/mol. The van der Waals surface area contributed by atoms with Gasteiger partial charge in [-0.15, -0.1) is 0 Å². The van der Waals surface area contributed by atoms with E-state index in [1.165, 1.54) is 11.1 Å². The average Bonchev–Trinajstić information content (AvgIpc) is 3.00. The lowest BCUT2D eigenvalue weighted by Gasteiger charge is -2.16. The molecule has 1 amide bonds. The number of hydrogen-bond acceptors (Lipinski definition) is 3. The van der Waals surface area contributed by atoms with Crippen LogP contribution in [-0.4, -0.2) is 26.7 Å². The van der Waals surface area contributed by atoms with Gasteiger partial charge >= 0.3 is 0 Å². The molecule has 126 valence electrons. The van der Waals surface area contributed by atoms with Crippen molar-refractivity contribution in [2.24, 2.45) is 0 Å². The second kappa shape index (κ2) is 6.95. The van der Waals surface area contributed by atoms with Crippen molar-refractivity contribution in [3.8, 4) is 11.5 Å². The SMILES string of the molecule is COc1cc2c(cc1OC)C(CNC(=O)c1ccccc1C)CC2. The zero-order valence-electron chi connectivity index (χ0n) is 14.4. The minimum atomic E-state index is -0.0120. The minimum absolute atomic E-state index is 0.0120. The van der Waals surface area contributed by atoms with Crippen LogP contribution in [0.1, 0.15) is 39.4 Å². The number of rotatable bonds is 5. The lowest BCUT2D eigenvalue weighted by Crippen LogP contribution is -2.28. The van der Waals surface area contributed by atoms with Gasteiger partial charge in [0.1, 0.15) is 0 Å². The molecular formula is C20H23NO3. The Morgan fingerprint density at radius 3 is 2.58 bits per heavy atom. The first kappa shape index (κ1) is 16.4. The molecule has 24 heavy (non-hydrogen) atoms. The Bertz CT molecular complexity index is 755. The van der Waals surface area contributed by atoms with Crippen molar-refractivity contribution in [1.29, 1.82) is 0 Å². The Hall–Kier alpha value is -2.49. The predicted octanol–water partition coefficient (Wildman–Crippen LogP) is 3.47. The first-order valence-electron chi connectivity index (χ1n) is 8.22. The summed E-state index contributed by atoms with van der Waals surface area (Å²) in [6.45, 7) is 2.59. The van der Waals surface area contributed by atoms with Crippen LogP contribution in [-0.2, 0) is 6.42 Å². The third kappa shape index (κ3) is 3.09. The molecule has 0 spiro atoms. The van der Waals surface area contributed by atoms with Gasteiger partial charge in [0.2, 0.25) is 0 Å². The molecule has 2 aromatic rings. The number of methoxy groups -OCH3 is 2. The van der Waals surface area contributed by atoms with Crippen LogP contribution < -0.4 is 14.8 Å². The van der Waals surface area contributed by atoms with Crippen molar-refractivity contribution < 1.29 is 14.3 Å². The molecule has 0 aromatic heterocycles. The van der Waals surface area contributed by atoms with Crippen molar-refractivity contribution in [3.63, 3.8) is 0 Å². The summed E-state index contributed by atoms with van der Waals surface area (Å²) < 4.78 is 10.8. The highest BCUT2D eigenvalue weighted by molar-refractivity contribution is 5.95. The van der Waals surface area contributed by atoms with Crippen LogP contribution in [0.15, 0.2) is 36.4 Å². The molecule has 1 atom stereocenters. The van der Waals surface area contributed by atoms with E-state index in [1.54, 1.807) is 14.2 Å². The number of amides is 1. The van der Waals surface area contributed by atoms with E-state index in [-0.39, 0.29) is 5.91 Å². The normalized spacial score (nSPS) is 15.7. The third-order valence-electron chi connectivity index (χ3n) is 4.75. The second-order valence-electron chi connectivity index (χ2n) is 6.17. The first-order chi connectivity index (χ1) is 11.6. The molecule has 0 bridgehead atoms. The summed E-state index contributed by atoms with van der Waals surface area (Å²) in [5.41, 5.74) is 4.26. The Kier molecular flexibility index (Phi) is 4.74. The third-order valence-corrected chi connectivity index (χ3v) is 4.75. The average molecular weight is 325 g/mol. The molecule has 3 rings (SSSR count). The summed E-state index contributed by atoms with van der Waals surface area (Å²) in [6, 6.07) is 11.8. The van der Waals surface area contributed by atoms with Gasteiger partial charge in [-0.05, 0) is 54.7 Å². The molecule has 1 N–H and O–H groups in total. The van der Waals surface area contributed by atoms with Crippen molar-refractivity contribution in [1.82, 2.24) is 5.32 Å². The van der Waals surface area contributed by atoms with Crippen molar-refractivity contribution >= 4 is 5.91 Å². The van der Waals surface area contributed by atoms with Crippen LogP contribution >= 0.6 is 0 Å². The summed E-state index contributed by atoms with van der Waals surface area (Å²) in [7, 11) is 3.30. The van der Waals surface area contributed by atoms with E-state index >= 15 is 0 Å². The Labute approximate surface area is 142 Å². The van der Waals surface area contributed by atoms with Crippen LogP contribution in [0.2, 0.25) is 0 Å². The maximum absolute atomic E-state index is 12.4. The van der Waals surface area contributed by atoms with Crippen LogP contribution in [0.3, 0.4) is 0 Å². The lowest BCUT2D eigenvalue weighted by molar-refractivity contribution is 0.0950. The summed E-state index contributed by atoms with van der Waals surface area (Å²) >= 11 is 0. The van der Waals surface area contributed by atoms with Gasteiger partial charge in [0.15, 0.2) is 11.5 Å². The zero-order valence-corrected chi connectivity index (χ0v) is 14.4. The molecule has 1 unspecified atom stereocenters. The van der Waals surface area contributed by atoms with E-state index < -0.39 is 0 Å². The van der Waals surface area contributed by atoms with Crippen LogP contribution in [0, 0.1) is 6.92 Å². The summed E-state index contributed by atoms with van der Waals surface area (Å²) in [5.74, 6) is 1.81. The Morgan fingerprint density at radius 1 is 1.17 bits per heavy atom. The molecule has 0 radical (unpaired) electrons. The summed E-state index contributed by atoms with van der Waals surface area (Å²) in [5, 5.41) is 3.08. The number of hydrogen-bond donors (Lipinski definition) is 1. The molecule has 4 heteroatoms. The Morgan fingerprint density at radius 2 is 1.88 bits per heavy atom. The molecule has 0 aliphatic heterocycles. The number of carbonyl (C=O) groups is 1. The number of benzene rings is 2. The highest BCUT2D eigenvalue weighted by Gasteiger charge is 2.25. The van der Waals surface area contributed by atoms with E-state index in [1.807, 2.05) is 37.3 Å². The van der Waals surface area contributed by atoms with Gasteiger partial charge in [-0.25, -0.2) is 0 Å². The van der Waals surface area contributed by atoms with E-state index in [4.69, 9.17) is 9.47 Å². The monoisotopic (exact) mass is 325 g/mol. The van der Waals surface area contributed by atoms with Gasteiger partial charge in [-0.1, -0.05) is 18.2 Å². The first-order valence-corrected chi connectivity index (χ1v) is 8.22. The maximum atomic E-state index is 12.4. The van der Waals surface area contributed by atoms with Gasteiger partial charge in [0.25, 0.3) is 5.91 Å². The molecule has 0 saturated carbocycles. The number of nitrogens with one attached hydrogen (secondary N) is 1. The van der Waals surface area contributed by atoms with Crippen LogP contribution in [0.5, 0.6) is 11.5 Å². The van der Waals surface area contributed by atoms with Crippen molar-refractivity contribution in [3.05, 3.63) is 58.7 Å². The Balaban J connectivity index is 1.73. The van der Waals surface area contributed by atoms with E-state index in [0.29, 0.717) is 12.5 Å². The van der Waals surface area contributed by atoms with Gasteiger partial charge in [0.05, 0.1) is 14.2 Å². The highest BCUT2D eigenvalue weighted by Crippen LogP contribution is 2.40. The molecule has 0 saturated heterocycles. The fraction of sp³-hybridized carbons (Fsp3) is 0.350. The quantitative estimate of drug-likeness (QED) is 0.915.